The third-order valence-corrected chi connectivity index (χ3v) is 3.70. The van der Waals surface area contributed by atoms with Crippen LogP contribution in [0, 0.1) is 5.92 Å². The Bertz CT molecular complexity index is 319. The molecule has 0 amide bonds. The van der Waals surface area contributed by atoms with E-state index in [1.807, 2.05) is 11.8 Å². The zero-order valence-corrected chi connectivity index (χ0v) is 11.1. The van der Waals surface area contributed by atoms with Crippen LogP contribution >= 0.6 is 23.8 Å². The molecule has 0 aromatic rings. The molecule has 2 atom stereocenters. The molecule has 0 unspecified atom stereocenters. The van der Waals surface area contributed by atoms with Gasteiger partial charge in [-0.15, -0.1) is 0 Å². The molecule has 1 fully saturated rings. The van der Waals surface area contributed by atoms with Gasteiger partial charge in [0.2, 0.25) is 5.24 Å². The summed E-state index contributed by atoms with van der Waals surface area (Å²) >= 11 is 10.8. The van der Waals surface area contributed by atoms with E-state index in [-0.39, 0.29) is 23.0 Å². The number of Topliss-reactive ketones (excluding diaryl/α,β-unsaturated/α-hetero) is 1. The van der Waals surface area contributed by atoms with Crippen molar-refractivity contribution < 1.29 is 9.59 Å². The van der Waals surface area contributed by atoms with Crippen LogP contribution in [-0.4, -0.2) is 33.5 Å². The number of carbonyl (C=O) groups excluding carboxylic acids is 2. The highest BCUT2D eigenvalue weighted by molar-refractivity contribution is 7.80. The zero-order chi connectivity index (χ0) is 12.3. The Hall–Kier alpha value is -0.480. The van der Waals surface area contributed by atoms with Gasteiger partial charge in [0.1, 0.15) is 11.8 Å². The molecule has 1 heterocycles. The van der Waals surface area contributed by atoms with Crippen molar-refractivity contribution in [2.75, 3.05) is 6.54 Å². The Labute approximate surface area is 106 Å². The van der Waals surface area contributed by atoms with Gasteiger partial charge in [-0.2, -0.15) is 0 Å². The summed E-state index contributed by atoms with van der Waals surface area (Å²) < 4.78 is 0. The highest BCUT2D eigenvalue weighted by Crippen LogP contribution is 2.23. The van der Waals surface area contributed by atoms with E-state index in [0.29, 0.717) is 11.4 Å². The van der Waals surface area contributed by atoms with Crippen LogP contribution in [0.4, 0.5) is 0 Å². The maximum atomic E-state index is 11.2. The fourth-order valence-corrected chi connectivity index (χ4v) is 2.60. The number of rotatable bonds is 4. The maximum Gasteiger partial charge on any atom is 0.244 e. The number of carbonyl (C=O) groups is 2. The van der Waals surface area contributed by atoms with Gasteiger partial charge in [0.25, 0.3) is 0 Å². The quantitative estimate of drug-likeness (QED) is 0.574. The summed E-state index contributed by atoms with van der Waals surface area (Å²) in [5.74, 6) is 0.118. The molecule has 1 rings (SSSR count). The number of thiocarbonyl (C=S) groups is 1. The fraction of sp³-hybridized carbons (Fsp3) is 0.727. The van der Waals surface area contributed by atoms with Gasteiger partial charge in [-0.3, -0.25) is 4.79 Å². The minimum absolute atomic E-state index is 0.00381. The molecular weight excluding hydrogens is 246 g/mol. The van der Waals surface area contributed by atoms with Crippen molar-refractivity contribution in [3.05, 3.63) is 0 Å². The van der Waals surface area contributed by atoms with E-state index in [1.54, 1.807) is 6.92 Å². The molecule has 90 valence electrons. The molecule has 0 aromatic carbocycles. The molecule has 0 saturated carbocycles. The van der Waals surface area contributed by atoms with Crippen molar-refractivity contribution >= 4 is 39.8 Å². The van der Waals surface area contributed by atoms with Crippen LogP contribution in [0.3, 0.4) is 0 Å². The van der Waals surface area contributed by atoms with E-state index in [4.69, 9.17) is 23.8 Å². The maximum absolute atomic E-state index is 11.2. The van der Waals surface area contributed by atoms with Crippen molar-refractivity contribution in [2.24, 2.45) is 5.92 Å². The van der Waals surface area contributed by atoms with E-state index in [2.05, 4.69) is 0 Å². The van der Waals surface area contributed by atoms with Crippen LogP contribution in [0.2, 0.25) is 0 Å². The van der Waals surface area contributed by atoms with Crippen molar-refractivity contribution in [2.45, 2.75) is 39.2 Å². The Morgan fingerprint density at radius 3 is 2.69 bits per heavy atom. The molecule has 0 spiro atoms. The molecule has 3 nitrogen and oxygen atoms in total. The first kappa shape index (κ1) is 13.6. The summed E-state index contributed by atoms with van der Waals surface area (Å²) in [6.45, 7) is 4.23. The van der Waals surface area contributed by atoms with Crippen LogP contribution in [0.5, 0.6) is 0 Å². The molecule has 0 radical (unpaired) electrons. The lowest BCUT2D eigenvalue weighted by Crippen LogP contribution is -2.40. The second-order valence-corrected chi connectivity index (χ2v) is 5.09. The molecule has 16 heavy (non-hydrogen) atoms. The number of hydrogen-bond donors (Lipinski definition) is 0. The van der Waals surface area contributed by atoms with E-state index in [9.17, 15) is 9.59 Å². The molecule has 1 aliphatic heterocycles. The number of hydrogen-bond acceptors (Lipinski definition) is 3. The van der Waals surface area contributed by atoms with Gasteiger partial charge in [-0.05, 0) is 31.4 Å². The van der Waals surface area contributed by atoms with Gasteiger partial charge in [0.15, 0.2) is 0 Å². The minimum Gasteiger partial charge on any atom is -0.355 e. The standard InChI is InChI=1S/C11H16ClNO2S/c1-7(6-8(2)14)11(16)13-5-3-4-9(13)10(12)15/h7,9H,3-6H2,1-2H3/t7-,9+/m0/s1. The third kappa shape index (κ3) is 3.25. The summed E-state index contributed by atoms with van der Waals surface area (Å²) in [6.07, 6.45) is 2.11. The van der Waals surface area contributed by atoms with Crippen molar-refractivity contribution in [1.82, 2.24) is 4.90 Å². The normalized spacial score (nSPS) is 21.9. The van der Waals surface area contributed by atoms with Gasteiger partial charge in [0, 0.05) is 18.9 Å². The average Bonchev–Trinajstić information content (AvgIpc) is 2.63. The van der Waals surface area contributed by atoms with Crippen molar-refractivity contribution in [3.8, 4) is 0 Å². The Morgan fingerprint density at radius 2 is 2.19 bits per heavy atom. The average molecular weight is 262 g/mol. The molecule has 0 aliphatic carbocycles. The molecule has 5 heteroatoms. The number of ketones is 1. The fourth-order valence-electron chi connectivity index (χ4n) is 2.07. The zero-order valence-electron chi connectivity index (χ0n) is 9.53. The van der Waals surface area contributed by atoms with Gasteiger partial charge in [-0.25, -0.2) is 0 Å². The number of halogens is 1. The van der Waals surface area contributed by atoms with Crippen LogP contribution in [0.25, 0.3) is 0 Å². The lowest BCUT2D eigenvalue weighted by atomic mass is 10.0. The lowest BCUT2D eigenvalue weighted by Gasteiger charge is -2.27. The predicted molar refractivity (Wildman–Crippen MR) is 67.6 cm³/mol. The Morgan fingerprint density at radius 1 is 1.56 bits per heavy atom. The molecule has 1 aliphatic rings. The van der Waals surface area contributed by atoms with E-state index in [0.717, 1.165) is 19.4 Å². The van der Waals surface area contributed by atoms with Crippen molar-refractivity contribution in [1.29, 1.82) is 0 Å². The smallest absolute Gasteiger partial charge is 0.244 e. The van der Waals surface area contributed by atoms with Crippen LogP contribution in [-0.2, 0) is 9.59 Å². The summed E-state index contributed by atoms with van der Waals surface area (Å²) in [6, 6.07) is -0.288. The van der Waals surface area contributed by atoms with Gasteiger partial charge < -0.3 is 9.69 Å². The first-order valence-corrected chi connectivity index (χ1v) is 6.21. The molecule has 0 bridgehead atoms. The molecule has 0 aromatic heterocycles. The summed E-state index contributed by atoms with van der Waals surface area (Å²) in [5, 5.41) is -0.352. The first-order chi connectivity index (χ1) is 7.43. The summed E-state index contributed by atoms with van der Waals surface area (Å²) in [5.41, 5.74) is 0. The van der Waals surface area contributed by atoms with Crippen LogP contribution < -0.4 is 0 Å². The number of likely N-dealkylation sites (tertiary alicyclic amines) is 1. The van der Waals surface area contributed by atoms with Crippen LogP contribution in [0.1, 0.15) is 33.1 Å². The van der Waals surface area contributed by atoms with Crippen LogP contribution in [0.15, 0.2) is 0 Å². The monoisotopic (exact) mass is 261 g/mol. The minimum atomic E-state index is -0.352. The summed E-state index contributed by atoms with van der Waals surface area (Å²) in [7, 11) is 0. The predicted octanol–water partition coefficient (Wildman–Crippen LogP) is 2.16. The van der Waals surface area contributed by atoms with E-state index >= 15 is 0 Å². The Kier molecular flexibility index (Phi) is 4.87. The summed E-state index contributed by atoms with van der Waals surface area (Å²) in [4.78, 5) is 24.8. The SMILES string of the molecule is CC(=O)C[C@H](C)C(=S)N1CCC[C@@H]1C(=O)Cl. The van der Waals surface area contributed by atoms with E-state index in [1.165, 1.54) is 0 Å². The van der Waals surface area contributed by atoms with Gasteiger partial charge in [0.05, 0.1) is 4.99 Å². The molecule has 1 saturated heterocycles. The molecule has 0 N–H and O–H groups in total. The second kappa shape index (κ2) is 5.73. The third-order valence-electron chi connectivity index (χ3n) is 2.81. The lowest BCUT2D eigenvalue weighted by molar-refractivity contribution is -0.117. The van der Waals surface area contributed by atoms with Gasteiger partial charge in [-0.1, -0.05) is 19.1 Å². The second-order valence-electron chi connectivity index (χ2n) is 4.30. The first-order valence-electron chi connectivity index (χ1n) is 5.42. The highest BCUT2D eigenvalue weighted by atomic mass is 35.5. The highest BCUT2D eigenvalue weighted by Gasteiger charge is 2.32. The molecular formula is C11H16ClNO2S. The number of nitrogens with zero attached hydrogens (tertiary/aromatic N) is 1. The van der Waals surface area contributed by atoms with Gasteiger partial charge >= 0.3 is 0 Å². The largest absolute Gasteiger partial charge is 0.355 e. The Balaban J connectivity index is 2.65. The van der Waals surface area contributed by atoms with E-state index < -0.39 is 0 Å². The topological polar surface area (TPSA) is 37.4 Å². The van der Waals surface area contributed by atoms with Crippen molar-refractivity contribution in [3.63, 3.8) is 0 Å².